The predicted octanol–water partition coefficient (Wildman–Crippen LogP) is 2.15. The Morgan fingerprint density at radius 2 is 1.65 bits per heavy atom. The lowest BCUT2D eigenvalue weighted by molar-refractivity contribution is -0.137. The fourth-order valence-electron chi connectivity index (χ4n) is 2.10. The van der Waals surface area contributed by atoms with E-state index in [2.05, 4.69) is 0 Å². The molecule has 26 heavy (non-hydrogen) atoms. The van der Waals surface area contributed by atoms with Crippen molar-refractivity contribution < 1.29 is 39.9 Å². The maximum Gasteiger partial charge on any atom is 0.336 e. The fraction of sp³-hybridized carbons (Fsp3) is 0.111. The second-order valence-electron chi connectivity index (χ2n) is 5.32. The van der Waals surface area contributed by atoms with E-state index in [9.17, 15) is 30.0 Å². The minimum atomic E-state index is -1.07. The van der Waals surface area contributed by atoms with Crippen molar-refractivity contribution in [3.63, 3.8) is 0 Å². The van der Waals surface area contributed by atoms with E-state index in [0.29, 0.717) is 5.56 Å². The highest BCUT2D eigenvalue weighted by molar-refractivity contribution is 5.89. The van der Waals surface area contributed by atoms with E-state index in [1.54, 1.807) is 0 Å². The third-order valence-electron chi connectivity index (χ3n) is 3.41. The highest BCUT2D eigenvalue weighted by atomic mass is 16.5. The number of carboxylic acid groups (broad SMARTS) is 1. The summed E-state index contributed by atoms with van der Waals surface area (Å²) in [6.07, 6.45) is 2.05. The van der Waals surface area contributed by atoms with Crippen LogP contribution >= 0.6 is 0 Å². The van der Waals surface area contributed by atoms with Gasteiger partial charge in [0.05, 0.1) is 0 Å². The van der Waals surface area contributed by atoms with Crippen molar-refractivity contribution in [3.05, 3.63) is 47.5 Å². The zero-order valence-corrected chi connectivity index (χ0v) is 13.4. The van der Waals surface area contributed by atoms with E-state index in [0.717, 1.165) is 6.08 Å². The molecule has 0 bridgehead atoms. The minimum Gasteiger partial charge on any atom is -0.504 e. The topological polar surface area (TPSA) is 145 Å². The van der Waals surface area contributed by atoms with Gasteiger partial charge in [0.1, 0.15) is 0 Å². The zero-order valence-electron chi connectivity index (χ0n) is 13.4. The molecule has 0 aromatic heterocycles. The lowest BCUT2D eigenvalue weighted by Gasteiger charge is -2.11. The van der Waals surface area contributed by atoms with Gasteiger partial charge in [-0.25, -0.2) is 4.79 Å². The van der Waals surface area contributed by atoms with Gasteiger partial charge in [0.15, 0.2) is 23.0 Å². The van der Waals surface area contributed by atoms with Crippen molar-refractivity contribution in [2.75, 3.05) is 0 Å². The number of aryl methyl sites for hydroxylation is 1. The number of esters is 1. The van der Waals surface area contributed by atoms with Gasteiger partial charge in [0.2, 0.25) is 5.75 Å². The number of phenolic OH excluding ortho intramolecular Hbond substituents is 4. The molecule has 0 fully saturated rings. The van der Waals surface area contributed by atoms with Crippen molar-refractivity contribution in [1.82, 2.24) is 0 Å². The third kappa shape index (κ3) is 4.67. The molecule has 0 heterocycles. The van der Waals surface area contributed by atoms with Crippen LogP contribution in [0.25, 0.3) is 6.08 Å². The first-order valence-electron chi connectivity index (χ1n) is 7.45. The molecular weight excluding hydrogens is 344 g/mol. The third-order valence-corrected chi connectivity index (χ3v) is 3.41. The SMILES string of the molecule is O=C(O)CCc1ccc(O)c(O)c1OC(=O)/C=C/c1ccc(O)c(O)c1. The second-order valence-corrected chi connectivity index (χ2v) is 5.32. The Bertz CT molecular complexity index is 870. The summed E-state index contributed by atoms with van der Waals surface area (Å²) in [5, 5.41) is 46.8. The van der Waals surface area contributed by atoms with Crippen LogP contribution in [0.1, 0.15) is 17.5 Å². The number of hydrogen-bond acceptors (Lipinski definition) is 7. The van der Waals surface area contributed by atoms with Gasteiger partial charge in [-0.2, -0.15) is 0 Å². The Balaban J connectivity index is 2.19. The lowest BCUT2D eigenvalue weighted by atomic mass is 10.1. The molecule has 5 N–H and O–H groups in total. The maximum absolute atomic E-state index is 12.0. The summed E-state index contributed by atoms with van der Waals surface area (Å²) in [7, 11) is 0. The molecule has 0 saturated heterocycles. The summed E-state index contributed by atoms with van der Waals surface area (Å²) in [5.41, 5.74) is 0.648. The van der Waals surface area contributed by atoms with Crippen LogP contribution in [0, 0.1) is 0 Å². The first-order valence-corrected chi connectivity index (χ1v) is 7.45. The van der Waals surface area contributed by atoms with Gasteiger partial charge in [-0.15, -0.1) is 0 Å². The molecule has 0 aliphatic carbocycles. The fourth-order valence-corrected chi connectivity index (χ4v) is 2.10. The van der Waals surface area contributed by atoms with Crippen molar-refractivity contribution in [2.45, 2.75) is 12.8 Å². The van der Waals surface area contributed by atoms with E-state index in [1.807, 2.05) is 0 Å². The van der Waals surface area contributed by atoms with Gasteiger partial charge >= 0.3 is 11.9 Å². The maximum atomic E-state index is 12.0. The molecule has 8 heteroatoms. The molecule has 8 nitrogen and oxygen atoms in total. The van der Waals surface area contributed by atoms with Gasteiger partial charge < -0.3 is 30.3 Å². The smallest absolute Gasteiger partial charge is 0.336 e. The van der Waals surface area contributed by atoms with Crippen LogP contribution in [0.4, 0.5) is 0 Å². The summed E-state index contributed by atoms with van der Waals surface area (Å²) in [5.74, 6) is -4.14. The molecule has 0 radical (unpaired) electrons. The Kier molecular flexibility index (Phi) is 5.69. The van der Waals surface area contributed by atoms with Gasteiger partial charge in [-0.3, -0.25) is 4.79 Å². The standard InChI is InChI=1S/C18H16O8/c19-12-5-1-10(9-14(12)21)2-8-16(24)26-18-11(4-7-15(22)23)3-6-13(20)17(18)25/h1-3,5-6,8-9,19-21,25H,4,7H2,(H,22,23)/b8-2+. The van der Waals surface area contributed by atoms with E-state index in [4.69, 9.17) is 9.84 Å². The molecule has 0 atom stereocenters. The average Bonchev–Trinajstić information content (AvgIpc) is 2.59. The average molecular weight is 360 g/mol. The van der Waals surface area contributed by atoms with Crippen LogP contribution in [0.5, 0.6) is 28.7 Å². The van der Waals surface area contributed by atoms with Gasteiger partial charge in [0.25, 0.3) is 0 Å². The molecule has 2 aromatic carbocycles. The van der Waals surface area contributed by atoms with E-state index in [-0.39, 0.29) is 35.7 Å². The van der Waals surface area contributed by atoms with E-state index in [1.165, 1.54) is 36.4 Å². The van der Waals surface area contributed by atoms with E-state index >= 15 is 0 Å². The number of ether oxygens (including phenoxy) is 1. The second kappa shape index (κ2) is 7.93. The van der Waals surface area contributed by atoms with Gasteiger partial charge in [0, 0.05) is 12.5 Å². The number of rotatable bonds is 6. The Hall–Kier alpha value is -3.68. The molecule has 0 spiro atoms. The van der Waals surface area contributed by atoms with Crippen LogP contribution in [-0.2, 0) is 16.0 Å². The lowest BCUT2D eigenvalue weighted by Crippen LogP contribution is -2.07. The Morgan fingerprint density at radius 1 is 0.962 bits per heavy atom. The van der Waals surface area contributed by atoms with Gasteiger partial charge in [-0.05, 0) is 41.8 Å². The molecule has 0 aliphatic heterocycles. The highest BCUT2D eigenvalue weighted by Gasteiger charge is 2.17. The van der Waals surface area contributed by atoms with Crippen LogP contribution in [0.2, 0.25) is 0 Å². The van der Waals surface area contributed by atoms with Crippen LogP contribution < -0.4 is 4.74 Å². The number of hydrogen-bond donors (Lipinski definition) is 5. The highest BCUT2D eigenvalue weighted by Crippen LogP contribution is 2.39. The quantitative estimate of drug-likeness (QED) is 0.228. The molecule has 0 amide bonds. The number of carboxylic acids is 1. The molecule has 0 unspecified atom stereocenters. The van der Waals surface area contributed by atoms with Crippen molar-refractivity contribution in [2.24, 2.45) is 0 Å². The Labute approximate surface area is 147 Å². The predicted molar refractivity (Wildman–Crippen MR) is 90.2 cm³/mol. The number of carbonyl (C=O) groups excluding carboxylic acids is 1. The number of benzene rings is 2. The number of phenols is 4. The summed E-state index contributed by atoms with van der Waals surface area (Å²) in [4.78, 5) is 22.7. The van der Waals surface area contributed by atoms with Crippen LogP contribution in [0.15, 0.2) is 36.4 Å². The van der Waals surface area contributed by atoms with Gasteiger partial charge in [-0.1, -0.05) is 12.1 Å². The molecule has 136 valence electrons. The monoisotopic (exact) mass is 360 g/mol. The molecule has 0 saturated carbocycles. The van der Waals surface area contributed by atoms with Crippen LogP contribution in [-0.4, -0.2) is 37.5 Å². The van der Waals surface area contributed by atoms with Crippen molar-refractivity contribution >= 4 is 18.0 Å². The molecule has 2 rings (SSSR count). The van der Waals surface area contributed by atoms with Crippen molar-refractivity contribution in [3.8, 4) is 28.7 Å². The molecule has 0 aliphatic rings. The normalized spacial score (nSPS) is 10.8. The summed E-state index contributed by atoms with van der Waals surface area (Å²) in [6, 6.07) is 6.43. The van der Waals surface area contributed by atoms with E-state index < -0.39 is 23.4 Å². The first kappa shape index (κ1) is 18.7. The largest absolute Gasteiger partial charge is 0.504 e. The number of carbonyl (C=O) groups is 2. The summed E-state index contributed by atoms with van der Waals surface area (Å²) < 4.78 is 5.02. The zero-order chi connectivity index (χ0) is 19.3. The minimum absolute atomic E-state index is 0.0126. The van der Waals surface area contributed by atoms with Crippen LogP contribution in [0.3, 0.4) is 0 Å². The first-order chi connectivity index (χ1) is 12.3. The Morgan fingerprint density at radius 3 is 2.31 bits per heavy atom. The summed E-state index contributed by atoms with van der Waals surface area (Å²) in [6.45, 7) is 0. The molecule has 2 aromatic rings. The number of aromatic hydroxyl groups is 4. The van der Waals surface area contributed by atoms with Crippen molar-refractivity contribution in [1.29, 1.82) is 0 Å². The number of aliphatic carboxylic acids is 1. The summed E-state index contributed by atoms with van der Waals surface area (Å²) >= 11 is 0. The molecular formula is C18H16O8.